The van der Waals surface area contributed by atoms with E-state index in [0.717, 1.165) is 11.8 Å². The van der Waals surface area contributed by atoms with E-state index in [9.17, 15) is 14.3 Å². The number of phenolic OH excluding ortho intramolecular Hbond substituents is 1. The van der Waals surface area contributed by atoms with Gasteiger partial charge in [0, 0.05) is 0 Å². The summed E-state index contributed by atoms with van der Waals surface area (Å²) in [5, 5.41) is 9.79. The third kappa shape index (κ3) is 3.59. The van der Waals surface area contributed by atoms with Gasteiger partial charge in [-0.25, -0.2) is 4.39 Å². The van der Waals surface area contributed by atoms with Crippen LogP contribution in [0, 0.1) is 5.82 Å². The third-order valence-electron chi connectivity index (χ3n) is 3.52. The second-order valence-electron chi connectivity index (χ2n) is 5.17. The van der Waals surface area contributed by atoms with E-state index in [1.54, 1.807) is 18.2 Å². The first-order valence-electron chi connectivity index (χ1n) is 7.11. The Morgan fingerprint density at radius 2 is 2.12 bits per heavy atom. The van der Waals surface area contributed by atoms with Crippen molar-refractivity contribution in [1.29, 1.82) is 0 Å². The number of thiocarbonyl (C=S) groups is 1. The number of hydrogen-bond acceptors (Lipinski definition) is 5. The summed E-state index contributed by atoms with van der Waals surface area (Å²) in [7, 11) is 1.43. The minimum Gasteiger partial charge on any atom is -0.503 e. The van der Waals surface area contributed by atoms with E-state index < -0.39 is 5.82 Å². The van der Waals surface area contributed by atoms with Crippen LogP contribution in [-0.4, -0.2) is 22.4 Å². The summed E-state index contributed by atoms with van der Waals surface area (Å²) < 4.78 is 19.2. The van der Waals surface area contributed by atoms with Crippen molar-refractivity contribution in [2.75, 3.05) is 12.0 Å². The summed E-state index contributed by atoms with van der Waals surface area (Å²) in [6.45, 7) is 0. The lowest BCUT2D eigenvalue weighted by molar-refractivity contribution is -0.113. The highest BCUT2D eigenvalue weighted by Crippen LogP contribution is 2.39. The molecule has 2 aromatic rings. The van der Waals surface area contributed by atoms with Gasteiger partial charge in [0.25, 0.3) is 5.91 Å². The maximum Gasteiger partial charge on any atom is 0.270 e. The summed E-state index contributed by atoms with van der Waals surface area (Å²) in [5.41, 5.74) is 1.04. The van der Waals surface area contributed by atoms with Gasteiger partial charge in [-0.1, -0.05) is 35.6 Å². The molecule has 0 aliphatic carbocycles. The van der Waals surface area contributed by atoms with Crippen LogP contribution in [-0.2, 0) is 4.79 Å². The zero-order valence-electron chi connectivity index (χ0n) is 13.1. The number of benzene rings is 2. The smallest absolute Gasteiger partial charge is 0.270 e. The number of methoxy groups -OCH3 is 1. The number of thioether (sulfide) groups is 1. The Hall–Kier alpha value is -1.61. The average Bonchev–Trinajstić information content (AvgIpc) is 2.87. The minimum absolute atomic E-state index is 0.0295. The van der Waals surface area contributed by atoms with Crippen LogP contribution in [0.4, 0.5) is 10.1 Å². The highest BCUT2D eigenvalue weighted by molar-refractivity contribution is 9.10. The van der Waals surface area contributed by atoms with E-state index in [0.29, 0.717) is 24.9 Å². The fraction of sp³-hybridized carbons (Fsp3) is 0.0588. The Morgan fingerprint density at radius 3 is 2.77 bits per heavy atom. The van der Waals surface area contributed by atoms with Crippen LogP contribution in [0.5, 0.6) is 11.5 Å². The van der Waals surface area contributed by atoms with Crippen molar-refractivity contribution in [3.05, 3.63) is 56.1 Å². The van der Waals surface area contributed by atoms with Crippen molar-refractivity contribution < 1.29 is 19.0 Å². The molecule has 134 valence electrons. The molecule has 0 bridgehead atoms. The fourth-order valence-electron chi connectivity index (χ4n) is 2.30. The second-order valence-corrected chi connectivity index (χ2v) is 8.11. The molecule has 0 saturated carbocycles. The lowest BCUT2D eigenvalue weighted by atomic mass is 10.2. The van der Waals surface area contributed by atoms with Crippen LogP contribution in [0.25, 0.3) is 6.08 Å². The quantitative estimate of drug-likeness (QED) is 0.479. The molecule has 0 atom stereocenters. The van der Waals surface area contributed by atoms with E-state index in [1.807, 2.05) is 0 Å². The van der Waals surface area contributed by atoms with Crippen molar-refractivity contribution >= 4 is 73.5 Å². The topological polar surface area (TPSA) is 49.8 Å². The lowest BCUT2D eigenvalue weighted by Gasteiger charge is -2.14. The van der Waals surface area contributed by atoms with Gasteiger partial charge >= 0.3 is 0 Å². The molecule has 2 aromatic carbocycles. The van der Waals surface area contributed by atoms with E-state index in [2.05, 4.69) is 15.9 Å². The van der Waals surface area contributed by atoms with Crippen LogP contribution in [0.3, 0.4) is 0 Å². The number of carbonyl (C=O) groups excluding carboxylic acids is 1. The number of rotatable bonds is 3. The molecule has 0 aromatic heterocycles. The summed E-state index contributed by atoms with van der Waals surface area (Å²) in [4.78, 5) is 14.4. The van der Waals surface area contributed by atoms with Gasteiger partial charge in [0.1, 0.15) is 5.82 Å². The summed E-state index contributed by atoms with van der Waals surface area (Å²) >= 11 is 15.4. The molecule has 9 heteroatoms. The zero-order chi connectivity index (χ0) is 19.0. The number of carbonyl (C=O) groups is 1. The van der Waals surface area contributed by atoms with Gasteiger partial charge in [0.2, 0.25) is 0 Å². The van der Waals surface area contributed by atoms with E-state index in [4.69, 9.17) is 28.6 Å². The second kappa shape index (κ2) is 7.56. The predicted molar refractivity (Wildman–Crippen MR) is 109 cm³/mol. The first-order valence-corrected chi connectivity index (χ1v) is 9.51. The molecule has 0 radical (unpaired) electrons. The molecule has 1 aliphatic rings. The maximum atomic E-state index is 13.4. The molecular weight excluding hydrogens is 465 g/mol. The SMILES string of the molecule is COc1cc(/C=C2/SC(=S)N(c3ccc(F)c(Cl)c3)C2=O)cc(Br)c1O. The van der Waals surface area contributed by atoms with Gasteiger partial charge in [0.15, 0.2) is 15.8 Å². The van der Waals surface area contributed by atoms with Crippen molar-refractivity contribution in [3.8, 4) is 11.5 Å². The van der Waals surface area contributed by atoms with Crippen molar-refractivity contribution in [1.82, 2.24) is 0 Å². The van der Waals surface area contributed by atoms with Gasteiger partial charge < -0.3 is 9.84 Å². The fourth-order valence-corrected chi connectivity index (χ4v) is 4.23. The van der Waals surface area contributed by atoms with Crippen LogP contribution in [0.15, 0.2) is 39.7 Å². The standard InChI is InChI=1S/C17H10BrClFNO3S2/c1-24-13-5-8(4-10(18)15(13)22)6-14-16(23)21(17(25)26-14)9-2-3-12(20)11(19)7-9/h2-7,22H,1H3/b14-6+. The average molecular weight is 475 g/mol. The number of hydrogen-bond donors (Lipinski definition) is 1. The molecular formula is C17H10BrClFNO3S2. The third-order valence-corrected chi connectivity index (χ3v) is 5.72. The molecule has 1 amide bonds. The Kier molecular flexibility index (Phi) is 5.57. The van der Waals surface area contributed by atoms with Gasteiger partial charge in [-0.3, -0.25) is 9.69 Å². The molecule has 1 N–H and O–H groups in total. The molecule has 0 unspecified atom stereocenters. The van der Waals surface area contributed by atoms with E-state index in [1.165, 1.54) is 30.2 Å². The van der Waals surface area contributed by atoms with E-state index >= 15 is 0 Å². The first kappa shape index (κ1) is 19.2. The Balaban J connectivity index is 1.97. The Morgan fingerprint density at radius 1 is 1.38 bits per heavy atom. The van der Waals surface area contributed by atoms with Gasteiger partial charge in [0.05, 0.1) is 27.2 Å². The molecule has 3 rings (SSSR count). The highest BCUT2D eigenvalue weighted by Gasteiger charge is 2.33. The Bertz CT molecular complexity index is 967. The Labute approximate surface area is 171 Å². The summed E-state index contributed by atoms with van der Waals surface area (Å²) in [6.07, 6.45) is 1.64. The number of halogens is 3. The minimum atomic E-state index is -0.572. The highest BCUT2D eigenvalue weighted by atomic mass is 79.9. The number of aromatic hydroxyl groups is 1. The lowest BCUT2D eigenvalue weighted by Crippen LogP contribution is -2.27. The predicted octanol–water partition coefficient (Wildman–Crippen LogP) is 5.36. The van der Waals surface area contributed by atoms with Gasteiger partial charge in [-0.2, -0.15) is 0 Å². The van der Waals surface area contributed by atoms with Crippen LogP contribution in [0.1, 0.15) is 5.56 Å². The molecule has 1 aliphatic heterocycles. The van der Waals surface area contributed by atoms with Gasteiger partial charge in [-0.05, 0) is 57.9 Å². The number of anilines is 1. The van der Waals surface area contributed by atoms with Crippen LogP contribution >= 0.6 is 51.5 Å². The van der Waals surface area contributed by atoms with Crippen LogP contribution in [0.2, 0.25) is 5.02 Å². The number of phenols is 1. The number of ether oxygens (including phenoxy) is 1. The van der Waals surface area contributed by atoms with Crippen molar-refractivity contribution in [2.45, 2.75) is 0 Å². The molecule has 4 nitrogen and oxygen atoms in total. The van der Waals surface area contributed by atoms with Gasteiger partial charge in [-0.15, -0.1) is 0 Å². The molecule has 0 spiro atoms. The molecule has 1 saturated heterocycles. The maximum absolute atomic E-state index is 13.4. The monoisotopic (exact) mass is 473 g/mol. The zero-order valence-corrected chi connectivity index (χ0v) is 17.1. The first-order chi connectivity index (χ1) is 12.3. The molecule has 1 fully saturated rings. The summed E-state index contributed by atoms with van der Waals surface area (Å²) in [5.74, 6) is -0.673. The van der Waals surface area contributed by atoms with Crippen molar-refractivity contribution in [2.24, 2.45) is 0 Å². The number of amides is 1. The molecule has 1 heterocycles. The van der Waals surface area contributed by atoms with E-state index in [-0.39, 0.29) is 22.4 Å². The normalized spacial score (nSPS) is 15.8. The number of nitrogens with zero attached hydrogens (tertiary/aromatic N) is 1. The van der Waals surface area contributed by atoms with Crippen molar-refractivity contribution in [3.63, 3.8) is 0 Å². The largest absolute Gasteiger partial charge is 0.503 e. The summed E-state index contributed by atoms with van der Waals surface area (Å²) in [6, 6.07) is 7.22. The molecule has 26 heavy (non-hydrogen) atoms. The van der Waals surface area contributed by atoms with Crippen LogP contribution < -0.4 is 9.64 Å².